The van der Waals surface area contributed by atoms with Crippen LogP contribution in [-0.2, 0) is 0 Å². The van der Waals surface area contributed by atoms with Crippen molar-refractivity contribution in [3.63, 3.8) is 0 Å². The van der Waals surface area contributed by atoms with E-state index >= 15 is 0 Å². The highest BCUT2D eigenvalue weighted by Gasteiger charge is 2.20. The summed E-state index contributed by atoms with van der Waals surface area (Å²) in [4.78, 5) is 15.6. The van der Waals surface area contributed by atoms with Crippen LogP contribution in [-0.4, -0.2) is 15.0 Å². The van der Waals surface area contributed by atoms with Crippen LogP contribution < -0.4 is 0 Å². The Kier molecular flexibility index (Phi) is 6.15. The van der Waals surface area contributed by atoms with E-state index < -0.39 is 0 Å². The van der Waals surface area contributed by atoms with Crippen molar-refractivity contribution in [3.05, 3.63) is 164 Å². The smallest absolute Gasteiger partial charge is 0.164 e. The van der Waals surface area contributed by atoms with Crippen LogP contribution in [0.2, 0.25) is 0 Å². The second-order valence-electron chi connectivity index (χ2n) is 12.4. The molecule has 49 heavy (non-hydrogen) atoms. The SMILES string of the molecule is c1ccc(-c2ccc3oc4cccc(-c5nc(-c6ccccc6)nc(-c6cc7ccc8ccccc8c7c7ccccc67)n5)c4c3c2)cc1. The van der Waals surface area contributed by atoms with Gasteiger partial charge in [0.25, 0.3) is 0 Å². The predicted molar refractivity (Wildman–Crippen MR) is 201 cm³/mol. The lowest BCUT2D eigenvalue weighted by Gasteiger charge is -2.14. The minimum absolute atomic E-state index is 0.602. The second kappa shape index (κ2) is 11.0. The van der Waals surface area contributed by atoms with Gasteiger partial charge in [-0.1, -0.05) is 140 Å². The van der Waals surface area contributed by atoms with Gasteiger partial charge in [0.15, 0.2) is 17.5 Å². The summed E-state index contributed by atoms with van der Waals surface area (Å²) < 4.78 is 6.41. The molecule has 4 heteroatoms. The molecule has 0 N–H and O–H groups in total. The maximum absolute atomic E-state index is 6.41. The fraction of sp³-hybridized carbons (Fsp3) is 0. The maximum Gasteiger partial charge on any atom is 0.164 e. The predicted octanol–water partition coefficient (Wildman–Crippen LogP) is 11.9. The van der Waals surface area contributed by atoms with Gasteiger partial charge in [-0.2, -0.15) is 0 Å². The van der Waals surface area contributed by atoms with E-state index in [4.69, 9.17) is 19.4 Å². The van der Waals surface area contributed by atoms with Gasteiger partial charge < -0.3 is 4.42 Å². The highest BCUT2D eigenvalue weighted by molar-refractivity contribution is 6.23. The van der Waals surface area contributed by atoms with Gasteiger partial charge in [-0.05, 0) is 67.7 Å². The Bertz CT molecular complexity index is 2880. The van der Waals surface area contributed by atoms with Crippen LogP contribution in [0, 0.1) is 0 Å². The Morgan fingerprint density at radius 1 is 0.327 bits per heavy atom. The molecule has 0 spiro atoms. The van der Waals surface area contributed by atoms with Gasteiger partial charge in [0.05, 0.1) is 0 Å². The largest absolute Gasteiger partial charge is 0.456 e. The zero-order valence-corrected chi connectivity index (χ0v) is 26.3. The van der Waals surface area contributed by atoms with Crippen LogP contribution in [0.5, 0.6) is 0 Å². The average Bonchev–Trinajstić information content (AvgIpc) is 3.56. The third-order valence-corrected chi connectivity index (χ3v) is 9.50. The molecule has 0 bridgehead atoms. The van der Waals surface area contributed by atoms with Crippen LogP contribution in [0.3, 0.4) is 0 Å². The molecule has 0 aliphatic rings. The number of fused-ring (bicyclic) bond motifs is 8. The van der Waals surface area contributed by atoms with Crippen molar-refractivity contribution in [1.82, 2.24) is 15.0 Å². The topological polar surface area (TPSA) is 51.8 Å². The number of aromatic nitrogens is 3. The molecular formula is C45H27N3O. The molecule has 0 fully saturated rings. The van der Waals surface area contributed by atoms with E-state index in [1.165, 1.54) is 21.5 Å². The molecule has 228 valence electrons. The Labute approximate surface area is 282 Å². The summed E-state index contributed by atoms with van der Waals surface area (Å²) in [5.74, 6) is 1.85. The van der Waals surface area contributed by atoms with Crippen molar-refractivity contribution in [1.29, 1.82) is 0 Å². The van der Waals surface area contributed by atoms with Crippen LogP contribution in [0.25, 0.3) is 99.5 Å². The molecule has 0 aliphatic carbocycles. The fourth-order valence-corrected chi connectivity index (χ4v) is 7.22. The van der Waals surface area contributed by atoms with Crippen molar-refractivity contribution < 1.29 is 4.42 Å². The van der Waals surface area contributed by atoms with Crippen LogP contribution in [0.4, 0.5) is 0 Å². The second-order valence-corrected chi connectivity index (χ2v) is 12.4. The quantitative estimate of drug-likeness (QED) is 0.183. The Balaban J connectivity index is 1.26. The standard InChI is InChI=1S/C45H27N3O/c1-3-12-28(13-4-1)31-24-25-39-38(26-31)42-36(20-11-21-40(42)49-39)44-46-43(30-15-5-2-6-16-30)47-45(48-44)37-27-32-23-22-29-14-7-8-17-33(29)41(32)35-19-10-9-18-34(35)37/h1-27H. The van der Waals surface area contributed by atoms with Crippen molar-refractivity contribution in [2.24, 2.45) is 0 Å². The van der Waals surface area contributed by atoms with Crippen LogP contribution in [0.1, 0.15) is 0 Å². The molecule has 10 rings (SSSR count). The van der Waals surface area contributed by atoms with E-state index in [-0.39, 0.29) is 0 Å². The molecule has 0 aliphatic heterocycles. The molecule has 0 unspecified atom stereocenters. The molecule has 0 amide bonds. The summed E-state index contributed by atoms with van der Waals surface area (Å²) in [6.45, 7) is 0. The summed E-state index contributed by atoms with van der Waals surface area (Å²) >= 11 is 0. The van der Waals surface area contributed by atoms with Gasteiger partial charge in [-0.25, -0.2) is 15.0 Å². The van der Waals surface area contributed by atoms with E-state index in [0.717, 1.165) is 60.5 Å². The molecule has 2 heterocycles. The van der Waals surface area contributed by atoms with E-state index in [1.54, 1.807) is 0 Å². The normalized spacial score (nSPS) is 11.7. The van der Waals surface area contributed by atoms with Gasteiger partial charge in [-0.3, -0.25) is 0 Å². The number of rotatable bonds is 4. The van der Waals surface area contributed by atoms with Crippen molar-refractivity contribution in [3.8, 4) is 45.3 Å². The summed E-state index contributed by atoms with van der Waals surface area (Å²) in [6, 6.07) is 56.9. The van der Waals surface area contributed by atoms with Gasteiger partial charge in [0.1, 0.15) is 11.2 Å². The molecular weight excluding hydrogens is 599 g/mol. The lowest BCUT2D eigenvalue weighted by molar-refractivity contribution is 0.669. The van der Waals surface area contributed by atoms with E-state index in [1.807, 2.05) is 48.5 Å². The summed E-state index contributed by atoms with van der Waals surface area (Å²) in [5, 5.41) is 9.12. The third-order valence-electron chi connectivity index (χ3n) is 9.50. The number of benzene rings is 8. The molecule has 0 saturated heterocycles. The zero-order valence-electron chi connectivity index (χ0n) is 26.3. The lowest BCUT2D eigenvalue weighted by Crippen LogP contribution is -2.01. The van der Waals surface area contributed by atoms with Crippen LogP contribution >= 0.6 is 0 Å². The molecule has 8 aromatic carbocycles. The third kappa shape index (κ3) is 4.49. The monoisotopic (exact) mass is 625 g/mol. The summed E-state index contributed by atoms with van der Waals surface area (Å²) in [5.41, 5.74) is 6.70. The maximum atomic E-state index is 6.41. The molecule has 0 atom stereocenters. The van der Waals surface area contributed by atoms with Gasteiger partial charge >= 0.3 is 0 Å². The minimum Gasteiger partial charge on any atom is -0.456 e. The molecule has 0 saturated carbocycles. The fourth-order valence-electron chi connectivity index (χ4n) is 7.22. The van der Waals surface area contributed by atoms with Gasteiger partial charge in [0.2, 0.25) is 0 Å². The Morgan fingerprint density at radius 3 is 1.80 bits per heavy atom. The summed E-state index contributed by atoms with van der Waals surface area (Å²) in [7, 11) is 0. The first-order valence-corrected chi connectivity index (χ1v) is 16.4. The van der Waals surface area contributed by atoms with Gasteiger partial charge in [-0.15, -0.1) is 0 Å². The van der Waals surface area contributed by atoms with E-state index in [9.17, 15) is 0 Å². The van der Waals surface area contributed by atoms with Crippen LogP contribution in [0.15, 0.2) is 168 Å². The van der Waals surface area contributed by atoms with E-state index in [2.05, 4.69) is 115 Å². The summed E-state index contributed by atoms with van der Waals surface area (Å²) in [6.07, 6.45) is 0. The number of hydrogen-bond donors (Lipinski definition) is 0. The van der Waals surface area contributed by atoms with Gasteiger partial charge in [0, 0.05) is 27.5 Å². The Morgan fingerprint density at radius 2 is 0.980 bits per heavy atom. The van der Waals surface area contributed by atoms with Crippen molar-refractivity contribution >= 4 is 54.3 Å². The minimum atomic E-state index is 0.602. The lowest BCUT2D eigenvalue weighted by atomic mass is 9.93. The number of nitrogens with zero attached hydrogens (tertiary/aromatic N) is 3. The molecule has 0 radical (unpaired) electrons. The highest BCUT2D eigenvalue weighted by atomic mass is 16.3. The van der Waals surface area contributed by atoms with Crippen molar-refractivity contribution in [2.45, 2.75) is 0 Å². The molecule has 4 nitrogen and oxygen atoms in total. The average molecular weight is 626 g/mol. The first-order chi connectivity index (χ1) is 24.3. The number of hydrogen-bond acceptors (Lipinski definition) is 4. The van der Waals surface area contributed by atoms with E-state index in [0.29, 0.717) is 17.5 Å². The molecule has 2 aromatic heterocycles. The zero-order chi connectivity index (χ0) is 32.3. The first-order valence-electron chi connectivity index (χ1n) is 16.4. The van der Waals surface area contributed by atoms with Crippen molar-refractivity contribution in [2.75, 3.05) is 0 Å². The molecule has 10 aromatic rings. The highest BCUT2D eigenvalue weighted by Crippen LogP contribution is 2.41. The Hall–Kier alpha value is -6.65. The first kappa shape index (κ1) is 27.5. The number of furan rings is 1.